The van der Waals surface area contributed by atoms with Crippen molar-refractivity contribution in [2.45, 2.75) is 83.3 Å². The number of allylic oxidation sites excluding steroid dienone is 1. The third kappa shape index (κ3) is 6.31. The van der Waals surface area contributed by atoms with E-state index in [1.807, 2.05) is 0 Å². The van der Waals surface area contributed by atoms with Gasteiger partial charge in [-0.25, -0.2) is 0 Å². The van der Waals surface area contributed by atoms with Gasteiger partial charge in [0, 0.05) is 12.8 Å². The van der Waals surface area contributed by atoms with Crippen molar-refractivity contribution in [1.29, 1.82) is 0 Å². The summed E-state index contributed by atoms with van der Waals surface area (Å²) in [6, 6.07) is 0. The molecule has 0 aromatic rings. The highest BCUT2D eigenvalue weighted by atomic mass is 16.3. The summed E-state index contributed by atoms with van der Waals surface area (Å²) in [4.78, 5) is 11.9. The Morgan fingerprint density at radius 2 is 1.76 bits per heavy atom. The molecule has 0 aromatic carbocycles. The summed E-state index contributed by atoms with van der Waals surface area (Å²) in [5.74, 6) is 0.411. The van der Waals surface area contributed by atoms with E-state index >= 15 is 0 Å². The molecule has 0 amide bonds. The molecule has 1 aliphatic rings. The molecule has 0 aromatic heterocycles. The molecule has 0 radical (unpaired) electrons. The summed E-state index contributed by atoms with van der Waals surface area (Å²) in [7, 11) is 0. The summed E-state index contributed by atoms with van der Waals surface area (Å²) in [6.45, 7) is 5.91. The number of carbonyl (C=O) groups is 1. The lowest BCUT2D eigenvalue weighted by Crippen LogP contribution is -2.22. The Labute approximate surface area is 129 Å². The smallest absolute Gasteiger partial charge is 0.132 e. The minimum absolute atomic E-state index is 0.0436. The van der Waals surface area contributed by atoms with Gasteiger partial charge in [-0.2, -0.15) is 0 Å². The highest BCUT2D eigenvalue weighted by Gasteiger charge is 2.40. The van der Waals surface area contributed by atoms with Crippen LogP contribution in [-0.2, 0) is 4.79 Å². The number of aliphatic hydroxyl groups is 2. The Balaban J connectivity index is 2.25. The van der Waals surface area contributed by atoms with Gasteiger partial charge in [-0.3, -0.25) is 4.79 Å². The Hall–Kier alpha value is -0.670. The van der Waals surface area contributed by atoms with Crippen LogP contribution in [0, 0.1) is 11.8 Å². The summed E-state index contributed by atoms with van der Waals surface area (Å²) in [5.41, 5.74) is 0. The molecule has 21 heavy (non-hydrogen) atoms. The second kappa shape index (κ2) is 10.1. The molecule has 0 aliphatic heterocycles. The molecule has 3 unspecified atom stereocenters. The number of carbonyl (C=O) groups excluding carboxylic acids is 1. The van der Waals surface area contributed by atoms with Gasteiger partial charge in [0.05, 0.1) is 12.2 Å². The lowest BCUT2D eigenvalue weighted by atomic mass is 9.86. The van der Waals surface area contributed by atoms with Crippen LogP contribution in [0.4, 0.5) is 0 Å². The summed E-state index contributed by atoms with van der Waals surface area (Å²) in [6.07, 6.45) is 9.77. The molecule has 1 rings (SSSR count). The number of rotatable bonds is 11. The van der Waals surface area contributed by atoms with E-state index in [1.165, 1.54) is 19.3 Å². The highest BCUT2D eigenvalue weighted by molar-refractivity contribution is 5.78. The molecule has 2 N–H and O–H groups in total. The van der Waals surface area contributed by atoms with Crippen LogP contribution < -0.4 is 0 Å². The number of aliphatic hydroxyl groups excluding tert-OH is 2. The molecule has 0 heterocycles. The molecular weight excluding hydrogens is 264 g/mol. The average Bonchev–Trinajstić information content (AvgIpc) is 2.71. The SMILES string of the molecule is C=CCC1C(O)CC(O)[C@@H]1CCC(=O)CCCCCCC. The van der Waals surface area contributed by atoms with Gasteiger partial charge in [-0.05, 0) is 37.5 Å². The van der Waals surface area contributed by atoms with E-state index in [0.29, 0.717) is 37.9 Å². The van der Waals surface area contributed by atoms with Crippen LogP contribution in [0.2, 0.25) is 0 Å². The van der Waals surface area contributed by atoms with Crippen molar-refractivity contribution >= 4 is 5.78 Å². The van der Waals surface area contributed by atoms with Crippen molar-refractivity contribution in [3.05, 3.63) is 12.7 Å². The predicted octanol–water partition coefficient (Wildman–Crippen LogP) is 3.63. The zero-order chi connectivity index (χ0) is 15.7. The molecule has 4 atom stereocenters. The number of hydrogen-bond acceptors (Lipinski definition) is 3. The Bertz CT molecular complexity index is 314. The highest BCUT2D eigenvalue weighted by Crippen LogP contribution is 2.38. The Morgan fingerprint density at radius 1 is 1.10 bits per heavy atom. The van der Waals surface area contributed by atoms with E-state index in [1.54, 1.807) is 6.08 Å². The van der Waals surface area contributed by atoms with Gasteiger partial charge >= 0.3 is 0 Å². The molecule has 1 fully saturated rings. The lowest BCUT2D eigenvalue weighted by molar-refractivity contribution is -0.119. The van der Waals surface area contributed by atoms with Crippen LogP contribution in [0.3, 0.4) is 0 Å². The second-order valence-corrected chi connectivity index (χ2v) is 6.46. The van der Waals surface area contributed by atoms with Crippen LogP contribution in [-0.4, -0.2) is 28.2 Å². The van der Waals surface area contributed by atoms with Gasteiger partial charge in [-0.1, -0.05) is 38.7 Å². The molecule has 0 spiro atoms. The Kier molecular flexibility index (Phi) is 8.86. The predicted molar refractivity (Wildman–Crippen MR) is 86.0 cm³/mol. The minimum Gasteiger partial charge on any atom is -0.393 e. The standard InChI is InChI=1S/C18H32O3/c1-3-5-6-7-8-10-14(19)11-12-16-15(9-4-2)17(20)13-18(16)21/h4,15-18,20-21H,2-3,5-13H2,1H3/t15?,16-,17?,18?/m1/s1. The maximum atomic E-state index is 11.9. The maximum Gasteiger partial charge on any atom is 0.132 e. The molecule has 0 saturated heterocycles. The summed E-state index contributed by atoms with van der Waals surface area (Å²) >= 11 is 0. The first-order chi connectivity index (χ1) is 10.1. The van der Waals surface area contributed by atoms with Gasteiger partial charge in [0.25, 0.3) is 0 Å². The van der Waals surface area contributed by atoms with Crippen LogP contribution >= 0.6 is 0 Å². The molecule has 1 aliphatic carbocycles. The number of hydrogen-bond donors (Lipinski definition) is 2. The topological polar surface area (TPSA) is 57.5 Å². The largest absolute Gasteiger partial charge is 0.393 e. The number of ketones is 1. The average molecular weight is 296 g/mol. The zero-order valence-electron chi connectivity index (χ0n) is 13.5. The van der Waals surface area contributed by atoms with E-state index < -0.39 is 12.2 Å². The van der Waals surface area contributed by atoms with E-state index in [-0.39, 0.29) is 11.8 Å². The third-order valence-corrected chi connectivity index (χ3v) is 4.78. The molecule has 3 heteroatoms. The zero-order valence-corrected chi connectivity index (χ0v) is 13.5. The summed E-state index contributed by atoms with van der Waals surface area (Å²) in [5, 5.41) is 20.0. The van der Waals surface area contributed by atoms with Gasteiger partial charge in [-0.15, -0.1) is 6.58 Å². The van der Waals surface area contributed by atoms with Crippen molar-refractivity contribution in [2.24, 2.45) is 11.8 Å². The molecule has 1 saturated carbocycles. The first-order valence-corrected chi connectivity index (χ1v) is 8.58. The fraction of sp³-hybridized carbons (Fsp3) is 0.833. The normalized spacial score (nSPS) is 28.7. The summed E-state index contributed by atoms with van der Waals surface area (Å²) < 4.78 is 0. The van der Waals surface area contributed by atoms with Crippen molar-refractivity contribution in [2.75, 3.05) is 0 Å². The fourth-order valence-electron chi connectivity index (χ4n) is 3.48. The second-order valence-electron chi connectivity index (χ2n) is 6.46. The monoisotopic (exact) mass is 296 g/mol. The van der Waals surface area contributed by atoms with E-state index in [4.69, 9.17) is 0 Å². The van der Waals surface area contributed by atoms with Gasteiger partial charge in [0.2, 0.25) is 0 Å². The third-order valence-electron chi connectivity index (χ3n) is 4.78. The quantitative estimate of drug-likeness (QED) is 0.452. The fourth-order valence-corrected chi connectivity index (χ4v) is 3.48. The number of Topliss-reactive ketones (excluding diaryl/α,β-unsaturated/α-hetero) is 1. The van der Waals surface area contributed by atoms with Gasteiger partial charge in [0.1, 0.15) is 5.78 Å². The maximum absolute atomic E-state index is 11.9. The van der Waals surface area contributed by atoms with Crippen LogP contribution in [0.25, 0.3) is 0 Å². The minimum atomic E-state index is -0.470. The van der Waals surface area contributed by atoms with Crippen molar-refractivity contribution in [3.63, 3.8) is 0 Å². The van der Waals surface area contributed by atoms with E-state index in [2.05, 4.69) is 13.5 Å². The van der Waals surface area contributed by atoms with E-state index in [9.17, 15) is 15.0 Å². The first-order valence-electron chi connectivity index (χ1n) is 8.58. The van der Waals surface area contributed by atoms with Crippen molar-refractivity contribution < 1.29 is 15.0 Å². The van der Waals surface area contributed by atoms with Crippen LogP contribution in [0.15, 0.2) is 12.7 Å². The molecule has 122 valence electrons. The van der Waals surface area contributed by atoms with Crippen LogP contribution in [0.1, 0.15) is 71.1 Å². The van der Waals surface area contributed by atoms with E-state index in [0.717, 1.165) is 12.8 Å². The molecule has 0 bridgehead atoms. The van der Waals surface area contributed by atoms with Gasteiger partial charge < -0.3 is 10.2 Å². The first kappa shape index (κ1) is 18.4. The lowest BCUT2D eigenvalue weighted by Gasteiger charge is -2.22. The molecular formula is C18H32O3. The number of unbranched alkanes of at least 4 members (excludes halogenated alkanes) is 4. The van der Waals surface area contributed by atoms with Gasteiger partial charge in [0.15, 0.2) is 0 Å². The van der Waals surface area contributed by atoms with Crippen molar-refractivity contribution in [3.8, 4) is 0 Å². The molecule has 3 nitrogen and oxygen atoms in total. The van der Waals surface area contributed by atoms with Crippen molar-refractivity contribution in [1.82, 2.24) is 0 Å². The van der Waals surface area contributed by atoms with Crippen LogP contribution in [0.5, 0.6) is 0 Å². The Morgan fingerprint density at radius 3 is 2.43 bits per heavy atom.